The van der Waals surface area contributed by atoms with Gasteiger partial charge in [-0.1, -0.05) is 11.6 Å². The SMILES string of the molecule is Cl.O=C(c1cc(Cl)ccc1[N+](=O)[O-])N1CCC2CCC(C1)N2. The fourth-order valence-corrected chi connectivity index (χ4v) is 3.31. The molecule has 2 aliphatic heterocycles. The Morgan fingerprint density at radius 3 is 2.77 bits per heavy atom. The molecule has 2 unspecified atom stereocenters. The minimum Gasteiger partial charge on any atom is -0.337 e. The van der Waals surface area contributed by atoms with Crippen LogP contribution in [0.25, 0.3) is 0 Å². The van der Waals surface area contributed by atoms with E-state index in [0.29, 0.717) is 30.2 Å². The van der Waals surface area contributed by atoms with Crippen molar-refractivity contribution in [3.63, 3.8) is 0 Å². The van der Waals surface area contributed by atoms with Crippen molar-refractivity contribution < 1.29 is 9.72 Å². The van der Waals surface area contributed by atoms with Gasteiger partial charge in [-0.15, -0.1) is 12.4 Å². The number of likely N-dealkylation sites (tertiary alicyclic amines) is 1. The van der Waals surface area contributed by atoms with Gasteiger partial charge < -0.3 is 10.2 Å². The number of nitro groups is 1. The van der Waals surface area contributed by atoms with E-state index < -0.39 is 4.92 Å². The van der Waals surface area contributed by atoms with Gasteiger partial charge in [0.1, 0.15) is 5.56 Å². The number of amides is 1. The van der Waals surface area contributed by atoms with E-state index in [1.807, 2.05) is 0 Å². The summed E-state index contributed by atoms with van der Waals surface area (Å²) >= 11 is 5.89. The zero-order valence-corrected chi connectivity index (χ0v) is 13.4. The Balaban J connectivity index is 0.00000176. The molecule has 1 amide bonds. The molecule has 3 rings (SSSR count). The molecule has 120 valence electrons. The summed E-state index contributed by atoms with van der Waals surface area (Å²) in [5.41, 5.74) is -0.114. The third kappa shape index (κ3) is 3.34. The highest BCUT2D eigenvalue weighted by Gasteiger charge is 2.33. The maximum atomic E-state index is 12.6. The average molecular weight is 346 g/mol. The van der Waals surface area contributed by atoms with Crippen molar-refractivity contribution in [2.75, 3.05) is 13.1 Å². The van der Waals surface area contributed by atoms with E-state index in [1.165, 1.54) is 18.2 Å². The fraction of sp³-hybridized carbons (Fsp3) is 0.500. The van der Waals surface area contributed by atoms with Crippen molar-refractivity contribution in [1.29, 1.82) is 0 Å². The molecule has 2 atom stereocenters. The topological polar surface area (TPSA) is 75.5 Å². The number of rotatable bonds is 2. The summed E-state index contributed by atoms with van der Waals surface area (Å²) in [7, 11) is 0. The van der Waals surface area contributed by atoms with Crippen molar-refractivity contribution in [1.82, 2.24) is 10.2 Å². The Morgan fingerprint density at radius 1 is 1.32 bits per heavy atom. The minimum atomic E-state index is -0.536. The lowest BCUT2D eigenvalue weighted by Gasteiger charge is -2.24. The van der Waals surface area contributed by atoms with Crippen LogP contribution in [0.1, 0.15) is 29.6 Å². The van der Waals surface area contributed by atoms with E-state index >= 15 is 0 Å². The number of fused-ring (bicyclic) bond motifs is 2. The summed E-state index contributed by atoms with van der Waals surface area (Å²) in [4.78, 5) is 24.9. The lowest BCUT2D eigenvalue weighted by molar-refractivity contribution is -0.385. The largest absolute Gasteiger partial charge is 0.337 e. The quantitative estimate of drug-likeness (QED) is 0.660. The van der Waals surface area contributed by atoms with Crippen LogP contribution in [-0.2, 0) is 0 Å². The van der Waals surface area contributed by atoms with Crippen LogP contribution in [0.15, 0.2) is 18.2 Å². The van der Waals surface area contributed by atoms with Gasteiger partial charge in [0.05, 0.1) is 4.92 Å². The number of hydrogen-bond acceptors (Lipinski definition) is 4. The van der Waals surface area contributed by atoms with Crippen molar-refractivity contribution in [2.24, 2.45) is 0 Å². The van der Waals surface area contributed by atoms with Crippen LogP contribution in [0.4, 0.5) is 5.69 Å². The number of halogens is 2. The summed E-state index contributed by atoms with van der Waals surface area (Å²) in [6.45, 7) is 1.22. The van der Waals surface area contributed by atoms with Crippen LogP contribution in [0.2, 0.25) is 5.02 Å². The normalized spacial score (nSPS) is 23.6. The molecule has 0 aromatic heterocycles. The number of nitrogens with zero attached hydrogens (tertiary/aromatic N) is 2. The first-order valence-electron chi connectivity index (χ1n) is 7.04. The zero-order chi connectivity index (χ0) is 15.0. The molecule has 8 heteroatoms. The Kier molecular flexibility index (Phi) is 5.26. The smallest absolute Gasteiger partial charge is 0.282 e. The first-order valence-corrected chi connectivity index (χ1v) is 7.41. The molecule has 2 saturated heterocycles. The van der Waals surface area contributed by atoms with Crippen LogP contribution >= 0.6 is 24.0 Å². The van der Waals surface area contributed by atoms with E-state index in [-0.39, 0.29) is 29.6 Å². The number of benzene rings is 1. The maximum absolute atomic E-state index is 12.6. The molecule has 0 saturated carbocycles. The molecular weight excluding hydrogens is 329 g/mol. The number of carbonyl (C=O) groups is 1. The Morgan fingerprint density at radius 2 is 2.05 bits per heavy atom. The highest BCUT2D eigenvalue weighted by atomic mass is 35.5. The van der Waals surface area contributed by atoms with E-state index in [9.17, 15) is 14.9 Å². The van der Waals surface area contributed by atoms with E-state index in [1.54, 1.807) is 4.90 Å². The van der Waals surface area contributed by atoms with Gasteiger partial charge in [0.25, 0.3) is 11.6 Å². The first-order chi connectivity index (χ1) is 10.0. The van der Waals surface area contributed by atoms with Gasteiger partial charge in [0.15, 0.2) is 0 Å². The molecule has 0 radical (unpaired) electrons. The monoisotopic (exact) mass is 345 g/mol. The maximum Gasteiger partial charge on any atom is 0.282 e. The van der Waals surface area contributed by atoms with Crippen molar-refractivity contribution in [2.45, 2.75) is 31.3 Å². The highest BCUT2D eigenvalue weighted by molar-refractivity contribution is 6.31. The van der Waals surface area contributed by atoms with Crippen LogP contribution in [-0.4, -0.2) is 40.9 Å². The number of nitro benzene ring substituents is 1. The molecule has 1 aromatic rings. The Hall–Kier alpha value is -1.37. The van der Waals surface area contributed by atoms with Crippen LogP contribution in [0.3, 0.4) is 0 Å². The van der Waals surface area contributed by atoms with Crippen molar-refractivity contribution in [3.8, 4) is 0 Å². The molecule has 22 heavy (non-hydrogen) atoms. The summed E-state index contributed by atoms with van der Waals surface area (Å²) in [5, 5.41) is 14.9. The molecule has 2 heterocycles. The number of carbonyl (C=O) groups excluding carboxylic acids is 1. The zero-order valence-electron chi connectivity index (χ0n) is 11.8. The van der Waals surface area contributed by atoms with Crippen molar-refractivity contribution in [3.05, 3.63) is 38.9 Å². The van der Waals surface area contributed by atoms with E-state index in [0.717, 1.165) is 19.3 Å². The van der Waals surface area contributed by atoms with Gasteiger partial charge in [-0.2, -0.15) is 0 Å². The third-order valence-corrected chi connectivity index (χ3v) is 4.43. The van der Waals surface area contributed by atoms with Gasteiger partial charge >= 0.3 is 0 Å². The van der Waals surface area contributed by atoms with Crippen LogP contribution < -0.4 is 5.32 Å². The van der Waals surface area contributed by atoms with E-state index in [2.05, 4.69) is 5.32 Å². The summed E-state index contributed by atoms with van der Waals surface area (Å²) < 4.78 is 0. The molecule has 1 aromatic carbocycles. The lowest BCUT2D eigenvalue weighted by Crippen LogP contribution is -2.39. The number of hydrogen-bond donors (Lipinski definition) is 1. The second-order valence-electron chi connectivity index (χ2n) is 5.60. The van der Waals surface area contributed by atoms with Gasteiger partial charge in [-0.05, 0) is 31.4 Å². The van der Waals surface area contributed by atoms with Crippen LogP contribution in [0, 0.1) is 10.1 Å². The highest BCUT2D eigenvalue weighted by Crippen LogP contribution is 2.26. The average Bonchev–Trinajstić information content (AvgIpc) is 2.77. The lowest BCUT2D eigenvalue weighted by atomic mass is 10.1. The third-order valence-electron chi connectivity index (χ3n) is 4.20. The predicted octanol–water partition coefficient (Wildman–Crippen LogP) is 2.64. The minimum absolute atomic E-state index is 0. The number of nitrogens with one attached hydrogen (secondary N) is 1. The standard InChI is InChI=1S/C14H16ClN3O3.ClH/c15-9-1-4-13(18(20)21)12(7-9)14(19)17-6-5-10-2-3-11(8-17)16-10;/h1,4,7,10-11,16H,2-3,5-6,8H2;1H. The molecule has 2 fully saturated rings. The molecule has 2 aliphatic rings. The van der Waals surface area contributed by atoms with Crippen molar-refractivity contribution >= 4 is 35.6 Å². The summed E-state index contributed by atoms with van der Waals surface area (Å²) in [6.07, 6.45) is 3.08. The second kappa shape index (κ2) is 6.81. The predicted molar refractivity (Wildman–Crippen MR) is 85.8 cm³/mol. The molecule has 0 aliphatic carbocycles. The first kappa shape index (κ1) is 17.0. The summed E-state index contributed by atoms with van der Waals surface area (Å²) in [6, 6.07) is 4.86. The van der Waals surface area contributed by atoms with Gasteiger partial charge in [0.2, 0.25) is 0 Å². The van der Waals surface area contributed by atoms with Gasteiger partial charge in [0, 0.05) is 36.3 Å². The van der Waals surface area contributed by atoms with Crippen LogP contribution in [0.5, 0.6) is 0 Å². The van der Waals surface area contributed by atoms with Gasteiger partial charge in [-0.25, -0.2) is 0 Å². The molecular formula is C14H17Cl2N3O3. The molecule has 1 N–H and O–H groups in total. The Bertz CT molecular complexity index is 597. The Labute approximate surface area is 139 Å². The molecule has 6 nitrogen and oxygen atoms in total. The fourth-order valence-electron chi connectivity index (χ4n) is 3.14. The second-order valence-corrected chi connectivity index (χ2v) is 6.03. The summed E-state index contributed by atoms with van der Waals surface area (Å²) in [5.74, 6) is -0.307. The van der Waals surface area contributed by atoms with Gasteiger partial charge in [-0.3, -0.25) is 14.9 Å². The molecule has 2 bridgehead atoms. The molecule has 0 spiro atoms. The van der Waals surface area contributed by atoms with E-state index in [4.69, 9.17) is 11.6 Å².